The van der Waals surface area contributed by atoms with E-state index >= 15 is 0 Å². The quantitative estimate of drug-likeness (QED) is 0.644. The van der Waals surface area contributed by atoms with Crippen molar-refractivity contribution in [2.75, 3.05) is 24.3 Å². The zero-order valence-electron chi connectivity index (χ0n) is 11.5. The van der Waals surface area contributed by atoms with E-state index in [1.165, 1.54) is 6.07 Å². The number of phenolic OH excluding ortho intramolecular Hbond substituents is 3. The lowest BCUT2D eigenvalue weighted by atomic mass is 10.1. The van der Waals surface area contributed by atoms with Gasteiger partial charge >= 0.3 is 0 Å². The van der Waals surface area contributed by atoms with Gasteiger partial charge in [0, 0.05) is 37.6 Å². The molecule has 0 spiro atoms. The van der Waals surface area contributed by atoms with Crippen molar-refractivity contribution in [2.45, 2.75) is 6.54 Å². The summed E-state index contributed by atoms with van der Waals surface area (Å²) in [7, 11) is 3.92. The van der Waals surface area contributed by atoms with E-state index in [2.05, 4.69) is 5.32 Å². The number of hydrogen-bond donors (Lipinski definition) is 4. The molecule has 2 rings (SSSR count). The first-order chi connectivity index (χ1) is 9.49. The summed E-state index contributed by atoms with van der Waals surface area (Å²) in [5.41, 5.74) is 2.48. The summed E-state index contributed by atoms with van der Waals surface area (Å²) in [4.78, 5) is 2.00. The van der Waals surface area contributed by atoms with Gasteiger partial charge in [0.25, 0.3) is 0 Å². The minimum atomic E-state index is -0.494. The van der Waals surface area contributed by atoms with Crippen LogP contribution in [-0.2, 0) is 6.54 Å². The molecule has 0 amide bonds. The van der Waals surface area contributed by atoms with E-state index in [9.17, 15) is 15.3 Å². The maximum absolute atomic E-state index is 9.74. The number of nitrogens with one attached hydrogen (secondary N) is 1. The van der Waals surface area contributed by atoms with E-state index in [1.54, 1.807) is 6.07 Å². The predicted octanol–water partition coefficient (Wildman–Crippen LogP) is 2.48. The number of nitrogens with zero attached hydrogens (tertiary/aromatic N) is 1. The minimum absolute atomic E-state index is 0.304. The standard InChI is InChI=1S/C15H18N2O3/c1-17(2)12-5-3-4-11(8-12)16-9-10-6-7-13(18)15(20)14(10)19/h3-8,16,18-20H,9H2,1-2H3. The lowest BCUT2D eigenvalue weighted by Crippen LogP contribution is -2.09. The largest absolute Gasteiger partial charge is 0.504 e. The van der Waals surface area contributed by atoms with Crippen LogP contribution in [0, 0.1) is 0 Å². The first kappa shape index (κ1) is 13.9. The van der Waals surface area contributed by atoms with Gasteiger partial charge in [0.2, 0.25) is 5.75 Å². The second-order valence-electron chi connectivity index (χ2n) is 4.74. The molecule has 0 aliphatic rings. The molecule has 0 heterocycles. The molecule has 106 valence electrons. The van der Waals surface area contributed by atoms with Crippen molar-refractivity contribution in [3.63, 3.8) is 0 Å². The molecule has 5 heteroatoms. The van der Waals surface area contributed by atoms with Gasteiger partial charge in [-0.1, -0.05) is 6.07 Å². The third-order valence-electron chi connectivity index (χ3n) is 3.06. The zero-order valence-corrected chi connectivity index (χ0v) is 11.5. The highest BCUT2D eigenvalue weighted by Crippen LogP contribution is 2.37. The molecule has 0 aliphatic heterocycles. The third-order valence-corrected chi connectivity index (χ3v) is 3.06. The van der Waals surface area contributed by atoms with Crippen LogP contribution in [0.15, 0.2) is 36.4 Å². The molecule has 0 unspecified atom stereocenters. The fourth-order valence-corrected chi connectivity index (χ4v) is 1.84. The van der Waals surface area contributed by atoms with Crippen LogP contribution in [0.3, 0.4) is 0 Å². The molecule has 5 nitrogen and oxygen atoms in total. The lowest BCUT2D eigenvalue weighted by Gasteiger charge is -2.15. The molecule has 20 heavy (non-hydrogen) atoms. The van der Waals surface area contributed by atoms with Crippen molar-refractivity contribution in [3.05, 3.63) is 42.0 Å². The van der Waals surface area contributed by atoms with Crippen LogP contribution in [0.25, 0.3) is 0 Å². The number of rotatable bonds is 4. The first-order valence-electron chi connectivity index (χ1n) is 6.23. The van der Waals surface area contributed by atoms with Gasteiger partial charge < -0.3 is 25.5 Å². The van der Waals surface area contributed by atoms with Gasteiger partial charge in [0.15, 0.2) is 11.5 Å². The summed E-state index contributed by atoms with van der Waals surface area (Å²) in [6, 6.07) is 10.7. The average molecular weight is 274 g/mol. The second-order valence-corrected chi connectivity index (χ2v) is 4.74. The van der Waals surface area contributed by atoms with Crippen molar-refractivity contribution in [2.24, 2.45) is 0 Å². The molecule has 0 saturated carbocycles. The Balaban J connectivity index is 2.13. The maximum atomic E-state index is 9.74. The zero-order chi connectivity index (χ0) is 14.7. The van der Waals surface area contributed by atoms with E-state index in [-0.39, 0.29) is 11.5 Å². The van der Waals surface area contributed by atoms with Crippen molar-refractivity contribution in [1.29, 1.82) is 0 Å². The molecule has 0 atom stereocenters. The molecule has 0 saturated heterocycles. The van der Waals surface area contributed by atoms with Crippen LogP contribution in [0.4, 0.5) is 11.4 Å². The van der Waals surface area contributed by atoms with Gasteiger partial charge in [0.05, 0.1) is 0 Å². The first-order valence-corrected chi connectivity index (χ1v) is 6.23. The second kappa shape index (κ2) is 5.61. The summed E-state index contributed by atoms with van der Waals surface area (Å²) in [6.07, 6.45) is 0. The molecule has 4 N–H and O–H groups in total. The maximum Gasteiger partial charge on any atom is 0.200 e. The summed E-state index contributed by atoms with van der Waals surface area (Å²) >= 11 is 0. The summed E-state index contributed by atoms with van der Waals surface area (Å²) in [5, 5.41) is 31.6. The van der Waals surface area contributed by atoms with E-state index < -0.39 is 5.75 Å². The smallest absolute Gasteiger partial charge is 0.200 e. The Morgan fingerprint density at radius 3 is 2.45 bits per heavy atom. The van der Waals surface area contributed by atoms with E-state index in [4.69, 9.17) is 0 Å². The summed E-state index contributed by atoms with van der Waals surface area (Å²) in [5.74, 6) is -1.13. The van der Waals surface area contributed by atoms with Crippen LogP contribution in [0.1, 0.15) is 5.56 Å². The van der Waals surface area contributed by atoms with Gasteiger partial charge in [-0.15, -0.1) is 0 Å². The Kier molecular flexibility index (Phi) is 3.89. The van der Waals surface area contributed by atoms with Crippen LogP contribution in [0.5, 0.6) is 17.2 Å². The van der Waals surface area contributed by atoms with Gasteiger partial charge in [-0.3, -0.25) is 0 Å². The number of hydrogen-bond acceptors (Lipinski definition) is 5. The predicted molar refractivity (Wildman–Crippen MR) is 79.5 cm³/mol. The summed E-state index contributed by atoms with van der Waals surface area (Å²) < 4.78 is 0. The molecule has 0 bridgehead atoms. The molecule has 2 aromatic rings. The molecular weight excluding hydrogens is 256 g/mol. The highest BCUT2D eigenvalue weighted by atomic mass is 16.3. The minimum Gasteiger partial charge on any atom is -0.504 e. The molecular formula is C15H18N2O3. The molecule has 0 aromatic heterocycles. The van der Waals surface area contributed by atoms with Crippen molar-refractivity contribution in [1.82, 2.24) is 0 Å². The Bertz CT molecular complexity index is 612. The SMILES string of the molecule is CN(C)c1cccc(NCc2ccc(O)c(O)c2O)c1. The van der Waals surface area contributed by atoms with Crippen LogP contribution >= 0.6 is 0 Å². The fraction of sp³-hybridized carbons (Fsp3) is 0.200. The monoisotopic (exact) mass is 274 g/mol. The van der Waals surface area contributed by atoms with Crippen LogP contribution in [0.2, 0.25) is 0 Å². The molecule has 2 aromatic carbocycles. The number of aromatic hydroxyl groups is 3. The normalized spacial score (nSPS) is 10.3. The van der Waals surface area contributed by atoms with Crippen molar-refractivity contribution >= 4 is 11.4 Å². The Hall–Kier alpha value is -2.56. The Labute approximate surface area is 117 Å². The van der Waals surface area contributed by atoms with Gasteiger partial charge in [-0.2, -0.15) is 0 Å². The van der Waals surface area contributed by atoms with Crippen molar-refractivity contribution in [3.8, 4) is 17.2 Å². The fourth-order valence-electron chi connectivity index (χ4n) is 1.84. The van der Waals surface area contributed by atoms with Crippen LogP contribution in [-0.4, -0.2) is 29.4 Å². The topological polar surface area (TPSA) is 76.0 Å². The number of anilines is 2. The molecule has 0 aliphatic carbocycles. The third kappa shape index (κ3) is 2.88. The van der Waals surface area contributed by atoms with Crippen molar-refractivity contribution < 1.29 is 15.3 Å². The van der Waals surface area contributed by atoms with Gasteiger partial charge in [-0.25, -0.2) is 0 Å². The summed E-state index contributed by atoms with van der Waals surface area (Å²) in [6.45, 7) is 0.344. The van der Waals surface area contributed by atoms with Gasteiger partial charge in [0.1, 0.15) is 0 Å². The number of benzene rings is 2. The molecule has 0 fully saturated rings. The highest BCUT2D eigenvalue weighted by Gasteiger charge is 2.10. The Morgan fingerprint density at radius 2 is 1.75 bits per heavy atom. The van der Waals surface area contributed by atoms with E-state index in [1.807, 2.05) is 43.3 Å². The number of phenols is 3. The average Bonchev–Trinajstić information content (AvgIpc) is 2.44. The lowest BCUT2D eigenvalue weighted by molar-refractivity contribution is 0.365. The van der Waals surface area contributed by atoms with E-state index in [0.29, 0.717) is 12.1 Å². The highest BCUT2D eigenvalue weighted by molar-refractivity contribution is 5.59. The van der Waals surface area contributed by atoms with Crippen LogP contribution < -0.4 is 10.2 Å². The van der Waals surface area contributed by atoms with Gasteiger partial charge in [-0.05, 0) is 30.3 Å². The van der Waals surface area contributed by atoms with E-state index in [0.717, 1.165) is 11.4 Å². The molecule has 0 radical (unpaired) electrons. The Morgan fingerprint density at radius 1 is 1.00 bits per heavy atom.